The van der Waals surface area contributed by atoms with Crippen LogP contribution in [0.4, 0.5) is 0 Å². The monoisotopic (exact) mass is 436 g/mol. The molecular weight excluding hydrogens is 404 g/mol. The zero-order valence-electron chi connectivity index (χ0n) is 18.0. The van der Waals surface area contributed by atoms with Crippen LogP contribution >= 0.6 is 0 Å². The number of hydrogen-bond acceptors (Lipinski definition) is 7. The molecule has 0 aliphatic heterocycles. The fourth-order valence-electron chi connectivity index (χ4n) is 2.80. The molecule has 0 saturated carbocycles. The lowest BCUT2D eigenvalue weighted by Gasteiger charge is -2.25. The third-order valence-corrected chi connectivity index (χ3v) is 4.53. The molecule has 0 spiro atoms. The molecule has 0 heterocycles. The van der Waals surface area contributed by atoms with Gasteiger partial charge in [-0.3, -0.25) is 14.4 Å². The van der Waals surface area contributed by atoms with Gasteiger partial charge in [0.1, 0.15) is 30.2 Å². The molecule has 0 aliphatic rings. The third-order valence-electron chi connectivity index (χ3n) is 4.53. The number of aromatic hydroxyl groups is 1. The average Bonchev–Trinajstić information content (AvgIpc) is 2.71. The minimum atomic E-state index is -1.20. The number of nitrogens with two attached hydrogens (primary N) is 1. The highest BCUT2D eigenvalue weighted by Crippen LogP contribution is 2.12. The first-order valence-electron chi connectivity index (χ1n) is 10.1. The molecule has 0 bridgehead atoms. The van der Waals surface area contributed by atoms with Crippen molar-refractivity contribution in [2.75, 3.05) is 6.54 Å². The Labute approximate surface area is 181 Å². The van der Waals surface area contributed by atoms with Gasteiger partial charge >= 0.3 is 0 Å². The number of aliphatic hydroxyl groups is 1. The van der Waals surface area contributed by atoms with E-state index in [0.717, 1.165) is 0 Å². The molecular formula is C21H32N4O6. The van der Waals surface area contributed by atoms with Crippen LogP contribution in [-0.2, 0) is 25.6 Å². The number of benzene rings is 1. The molecule has 172 valence electrons. The van der Waals surface area contributed by atoms with E-state index in [4.69, 9.17) is 5.73 Å². The number of hydrogen-bond donors (Lipinski definition) is 6. The van der Waals surface area contributed by atoms with Crippen molar-refractivity contribution in [1.29, 1.82) is 0 Å². The van der Waals surface area contributed by atoms with E-state index in [1.807, 2.05) is 13.8 Å². The fraction of sp³-hybridized carbons (Fsp3) is 0.524. The van der Waals surface area contributed by atoms with Gasteiger partial charge in [0.15, 0.2) is 0 Å². The Morgan fingerprint density at radius 2 is 1.58 bits per heavy atom. The maximum atomic E-state index is 12.9. The van der Waals surface area contributed by atoms with Gasteiger partial charge in [0, 0.05) is 6.42 Å². The molecule has 4 atom stereocenters. The Morgan fingerprint density at radius 3 is 2.10 bits per heavy atom. The van der Waals surface area contributed by atoms with Crippen LogP contribution in [0.5, 0.6) is 5.75 Å². The van der Waals surface area contributed by atoms with Crippen LogP contribution in [0, 0.1) is 5.92 Å². The van der Waals surface area contributed by atoms with E-state index >= 15 is 0 Å². The summed E-state index contributed by atoms with van der Waals surface area (Å²) in [6.07, 6.45) is -0.187. The van der Waals surface area contributed by atoms with E-state index in [-0.39, 0.29) is 31.1 Å². The van der Waals surface area contributed by atoms with Crippen LogP contribution in [0.15, 0.2) is 24.3 Å². The topological polar surface area (TPSA) is 171 Å². The maximum Gasteiger partial charge on any atom is 0.243 e. The van der Waals surface area contributed by atoms with Gasteiger partial charge in [0.25, 0.3) is 0 Å². The van der Waals surface area contributed by atoms with Gasteiger partial charge in [0.2, 0.25) is 17.7 Å². The molecule has 0 aromatic heterocycles. The highest BCUT2D eigenvalue weighted by Gasteiger charge is 2.29. The Hall–Kier alpha value is -2.98. The normalized spacial score (nSPS) is 14.8. The summed E-state index contributed by atoms with van der Waals surface area (Å²) in [7, 11) is 0. The molecule has 1 rings (SSSR count). The van der Waals surface area contributed by atoms with Gasteiger partial charge in [0.05, 0.1) is 12.6 Å². The standard InChI is InChI=1S/C21H32N4O6/c1-12(2)10-16(25-21(31)18(22)13(3)27)20(30)24-17(19(29)23-8-9-26)11-14-4-6-15(28)7-5-14/h4-7,9,12-13,16-18,27-28H,8,10-11,22H2,1-3H3,(H,23,29)(H,24,30)(H,25,31)/t13-,16+,17+,18+/m1/s1. The highest BCUT2D eigenvalue weighted by molar-refractivity contribution is 5.93. The number of phenolic OH excluding ortho intramolecular Hbond substituents is 1. The van der Waals surface area contributed by atoms with Crippen LogP contribution in [0.1, 0.15) is 32.8 Å². The van der Waals surface area contributed by atoms with E-state index in [9.17, 15) is 29.4 Å². The first-order valence-corrected chi connectivity index (χ1v) is 10.1. The summed E-state index contributed by atoms with van der Waals surface area (Å²) in [5.41, 5.74) is 6.32. The summed E-state index contributed by atoms with van der Waals surface area (Å²) in [5.74, 6) is -1.74. The Kier molecular flexibility index (Phi) is 10.6. The Balaban J connectivity index is 3.00. The molecule has 1 aromatic carbocycles. The van der Waals surface area contributed by atoms with Gasteiger partial charge in [-0.1, -0.05) is 26.0 Å². The van der Waals surface area contributed by atoms with Crippen LogP contribution in [0.25, 0.3) is 0 Å². The van der Waals surface area contributed by atoms with Gasteiger partial charge in [-0.25, -0.2) is 0 Å². The summed E-state index contributed by atoms with van der Waals surface area (Å²) in [6, 6.07) is 2.93. The van der Waals surface area contributed by atoms with Crippen LogP contribution in [-0.4, -0.2) is 65.0 Å². The molecule has 31 heavy (non-hydrogen) atoms. The third kappa shape index (κ3) is 9.14. The number of aliphatic hydroxyl groups excluding tert-OH is 1. The lowest BCUT2D eigenvalue weighted by molar-refractivity contribution is -0.133. The Bertz CT molecular complexity index is 751. The average molecular weight is 437 g/mol. The van der Waals surface area contributed by atoms with Crippen LogP contribution in [0.2, 0.25) is 0 Å². The number of phenols is 1. The molecule has 0 fully saturated rings. The number of nitrogens with one attached hydrogen (secondary N) is 3. The van der Waals surface area contributed by atoms with Crippen molar-refractivity contribution in [3.63, 3.8) is 0 Å². The van der Waals surface area contributed by atoms with Crippen LogP contribution < -0.4 is 21.7 Å². The molecule has 10 heteroatoms. The van der Waals surface area contributed by atoms with Gasteiger partial charge < -0.3 is 36.7 Å². The minimum Gasteiger partial charge on any atom is -0.508 e. The molecule has 1 aromatic rings. The fourth-order valence-corrected chi connectivity index (χ4v) is 2.80. The smallest absolute Gasteiger partial charge is 0.243 e. The number of carbonyl (C=O) groups excluding carboxylic acids is 4. The summed E-state index contributed by atoms with van der Waals surface area (Å²) < 4.78 is 0. The molecule has 0 saturated heterocycles. The minimum absolute atomic E-state index is 0.0401. The van der Waals surface area contributed by atoms with Crippen molar-refractivity contribution in [3.05, 3.63) is 29.8 Å². The molecule has 10 nitrogen and oxygen atoms in total. The highest BCUT2D eigenvalue weighted by atomic mass is 16.3. The predicted molar refractivity (Wildman–Crippen MR) is 114 cm³/mol. The maximum absolute atomic E-state index is 12.9. The predicted octanol–water partition coefficient (Wildman–Crippen LogP) is -1.03. The first kappa shape index (κ1) is 26.1. The van der Waals surface area contributed by atoms with Crippen molar-refractivity contribution < 1.29 is 29.4 Å². The number of rotatable bonds is 12. The zero-order valence-corrected chi connectivity index (χ0v) is 18.0. The second kappa shape index (κ2) is 12.7. The van der Waals surface area contributed by atoms with Crippen LogP contribution in [0.3, 0.4) is 0 Å². The number of carbonyl (C=O) groups is 4. The van der Waals surface area contributed by atoms with E-state index in [1.54, 1.807) is 12.1 Å². The lowest BCUT2D eigenvalue weighted by atomic mass is 10.0. The van der Waals surface area contributed by atoms with E-state index in [2.05, 4.69) is 16.0 Å². The zero-order chi connectivity index (χ0) is 23.6. The number of amides is 3. The SMILES string of the molecule is CC(C)C[C@H](NC(=O)[C@@H](N)[C@@H](C)O)C(=O)N[C@@H](Cc1ccc(O)cc1)C(=O)NCC=O. The van der Waals surface area contributed by atoms with Crippen molar-refractivity contribution in [3.8, 4) is 5.75 Å². The van der Waals surface area contributed by atoms with E-state index in [0.29, 0.717) is 11.8 Å². The lowest BCUT2D eigenvalue weighted by Crippen LogP contribution is -2.57. The molecule has 0 aliphatic carbocycles. The summed E-state index contributed by atoms with van der Waals surface area (Å²) in [6.45, 7) is 4.89. The summed E-state index contributed by atoms with van der Waals surface area (Å²) in [5, 5.41) is 26.5. The van der Waals surface area contributed by atoms with Crippen molar-refractivity contribution >= 4 is 24.0 Å². The second-order valence-corrected chi connectivity index (χ2v) is 7.80. The molecule has 3 amide bonds. The van der Waals surface area contributed by atoms with Gasteiger partial charge in [-0.2, -0.15) is 0 Å². The molecule has 0 unspecified atom stereocenters. The van der Waals surface area contributed by atoms with E-state index in [1.165, 1.54) is 19.1 Å². The van der Waals surface area contributed by atoms with E-state index < -0.39 is 42.0 Å². The van der Waals surface area contributed by atoms with Crippen molar-refractivity contribution in [2.24, 2.45) is 11.7 Å². The molecule has 0 radical (unpaired) electrons. The summed E-state index contributed by atoms with van der Waals surface area (Å²) >= 11 is 0. The van der Waals surface area contributed by atoms with Crippen molar-refractivity contribution in [1.82, 2.24) is 16.0 Å². The molecule has 7 N–H and O–H groups in total. The largest absolute Gasteiger partial charge is 0.508 e. The van der Waals surface area contributed by atoms with Gasteiger partial charge in [-0.05, 0) is 37.0 Å². The second-order valence-electron chi connectivity index (χ2n) is 7.80. The number of aldehydes is 1. The van der Waals surface area contributed by atoms with Crippen molar-refractivity contribution in [2.45, 2.75) is 57.8 Å². The quantitative estimate of drug-likeness (QED) is 0.228. The van der Waals surface area contributed by atoms with Gasteiger partial charge in [-0.15, -0.1) is 0 Å². The summed E-state index contributed by atoms with van der Waals surface area (Å²) in [4.78, 5) is 48.3. The Morgan fingerprint density at radius 1 is 1.00 bits per heavy atom. The first-order chi connectivity index (χ1) is 14.5.